The Morgan fingerprint density at radius 1 is 1.11 bits per heavy atom. The second kappa shape index (κ2) is 13.9. The molecule has 0 radical (unpaired) electrons. The number of carboxylic acids is 2. The van der Waals surface area contributed by atoms with E-state index >= 15 is 0 Å². The fraction of sp³-hybridized carbons (Fsp3) is 0.250. The lowest BCUT2D eigenvalue weighted by Crippen LogP contribution is -2.41. The van der Waals surface area contributed by atoms with Gasteiger partial charge in [-0.25, -0.2) is 14.6 Å². The summed E-state index contributed by atoms with van der Waals surface area (Å²) in [6.45, 7) is 0.565. The first kappa shape index (κ1) is 29.2. The van der Waals surface area contributed by atoms with Gasteiger partial charge < -0.3 is 25.8 Å². The van der Waals surface area contributed by atoms with Crippen molar-refractivity contribution in [3.8, 4) is 11.1 Å². The van der Waals surface area contributed by atoms with Gasteiger partial charge in [0.05, 0.1) is 18.6 Å². The molecule has 0 aliphatic heterocycles. The lowest BCUT2D eigenvalue weighted by molar-refractivity contribution is -0.192. The lowest BCUT2D eigenvalue weighted by Gasteiger charge is -2.17. The van der Waals surface area contributed by atoms with E-state index in [0.29, 0.717) is 24.3 Å². The standard InChI is InChI=1S/C22H24N4O3S.C2HF3O2/c1-30-10-9-20(22(28)29)26-21(27)18-8-7-16(24-13-17-12-23-14-25-17)11-19(18)15-5-3-2-4-6-15;3-2(4,5)1(6)7/h2-8,11-12,14,20,24H,9-10,13H2,1H3,(H,23,25)(H,26,27)(H,28,29);(H,6,7)/t20-;/m0./s1. The summed E-state index contributed by atoms with van der Waals surface area (Å²) in [5.41, 5.74) is 3.83. The fourth-order valence-electron chi connectivity index (χ4n) is 3.02. The number of imidazole rings is 1. The zero-order valence-corrected chi connectivity index (χ0v) is 20.4. The van der Waals surface area contributed by atoms with E-state index in [2.05, 4.69) is 20.6 Å². The number of anilines is 1. The van der Waals surface area contributed by atoms with Gasteiger partial charge in [0, 0.05) is 17.4 Å². The number of rotatable bonds is 10. The van der Waals surface area contributed by atoms with Gasteiger partial charge in [-0.2, -0.15) is 24.9 Å². The van der Waals surface area contributed by atoms with Crippen molar-refractivity contribution in [1.29, 1.82) is 0 Å². The first-order valence-corrected chi connectivity index (χ1v) is 12.2. The van der Waals surface area contributed by atoms with Crippen LogP contribution in [-0.4, -0.2) is 62.3 Å². The first-order valence-electron chi connectivity index (χ1n) is 10.8. The van der Waals surface area contributed by atoms with Crippen molar-refractivity contribution in [3.05, 3.63) is 72.3 Å². The van der Waals surface area contributed by atoms with E-state index in [0.717, 1.165) is 22.5 Å². The number of thioether (sulfide) groups is 1. The Kier molecular flexibility index (Phi) is 11.0. The Labute approximate surface area is 214 Å². The minimum Gasteiger partial charge on any atom is -0.480 e. The molecule has 0 bridgehead atoms. The highest BCUT2D eigenvalue weighted by atomic mass is 32.2. The number of benzene rings is 2. The molecule has 0 saturated heterocycles. The van der Waals surface area contributed by atoms with Gasteiger partial charge in [-0.3, -0.25) is 4.79 Å². The second-order valence-corrected chi connectivity index (χ2v) is 8.49. The predicted octanol–water partition coefficient (Wildman–Crippen LogP) is 4.26. The predicted molar refractivity (Wildman–Crippen MR) is 133 cm³/mol. The molecule has 37 heavy (non-hydrogen) atoms. The van der Waals surface area contributed by atoms with Gasteiger partial charge >= 0.3 is 18.1 Å². The van der Waals surface area contributed by atoms with Gasteiger partial charge in [0.25, 0.3) is 5.91 Å². The van der Waals surface area contributed by atoms with Crippen molar-refractivity contribution in [1.82, 2.24) is 15.3 Å². The molecule has 1 heterocycles. The molecular weight excluding hydrogens is 513 g/mol. The van der Waals surface area contributed by atoms with Crippen molar-refractivity contribution >= 4 is 35.3 Å². The van der Waals surface area contributed by atoms with Crippen LogP contribution in [0.4, 0.5) is 18.9 Å². The number of aliphatic carboxylic acids is 2. The van der Waals surface area contributed by atoms with Crippen LogP contribution in [0.5, 0.6) is 0 Å². The van der Waals surface area contributed by atoms with Crippen molar-refractivity contribution in [2.45, 2.75) is 25.2 Å². The van der Waals surface area contributed by atoms with Crippen LogP contribution < -0.4 is 10.6 Å². The number of amides is 1. The number of carbonyl (C=O) groups excluding carboxylic acids is 1. The summed E-state index contributed by atoms with van der Waals surface area (Å²) in [6, 6.07) is 14.1. The monoisotopic (exact) mass is 538 g/mol. The van der Waals surface area contributed by atoms with Gasteiger partial charge in [-0.15, -0.1) is 0 Å². The Bertz CT molecular complexity index is 1170. The number of nitrogens with one attached hydrogen (secondary N) is 3. The molecule has 13 heteroatoms. The molecule has 2 aromatic carbocycles. The topological polar surface area (TPSA) is 144 Å². The van der Waals surface area contributed by atoms with E-state index < -0.39 is 30.1 Å². The maximum atomic E-state index is 13.0. The van der Waals surface area contributed by atoms with E-state index in [1.54, 1.807) is 30.4 Å². The largest absolute Gasteiger partial charge is 0.490 e. The summed E-state index contributed by atoms with van der Waals surface area (Å²) in [7, 11) is 0. The summed E-state index contributed by atoms with van der Waals surface area (Å²) >= 11 is 1.55. The quantitative estimate of drug-likeness (QED) is 0.258. The molecule has 0 spiro atoms. The molecule has 5 N–H and O–H groups in total. The van der Waals surface area contributed by atoms with E-state index in [1.165, 1.54) is 0 Å². The molecule has 198 valence electrons. The highest BCUT2D eigenvalue weighted by Crippen LogP contribution is 2.27. The molecule has 9 nitrogen and oxygen atoms in total. The van der Waals surface area contributed by atoms with Crippen LogP contribution in [0, 0.1) is 0 Å². The number of nitrogens with zero attached hydrogens (tertiary/aromatic N) is 1. The zero-order valence-electron chi connectivity index (χ0n) is 19.6. The van der Waals surface area contributed by atoms with Crippen LogP contribution in [-0.2, 0) is 16.1 Å². The maximum Gasteiger partial charge on any atom is 0.490 e. The molecule has 0 fully saturated rings. The second-order valence-electron chi connectivity index (χ2n) is 7.51. The highest BCUT2D eigenvalue weighted by Gasteiger charge is 2.38. The SMILES string of the molecule is CSCC[C@H](NC(=O)c1ccc(NCc2cnc[nH]2)cc1-c1ccccc1)C(=O)O.O=C(O)C(F)(F)F. The molecule has 3 rings (SSSR count). The summed E-state index contributed by atoms with van der Waals surface area (Å²) in [5.74, 6) is -3.54. The smallest absolute Gasteiger partial charge is 0.480 e. The summed E-state index contributed by atoms with van der Waals surface area (Å²) < 4.78 is 31.7. The van der Waals surface area contributed by atoms with Crippen molar-refractivity contribution < 1.29 is 37.8 Å². The van der Waals surface area contributed by atoms with Crippen LogP contribution in [0.15, 0.2) is 61.1 Å². The number of hydrogen-bond acceptors (Lipinski definition) is 6. The number of halogens is 3. The number of alkyl halides is 3. The summed E-state index contributed by atoms with van der Waals surface area (Å²) in [6.07, 6.45) is 0.555. The zero-order chi connectivity index (χ0) is 27.4. The van der Waals surface area contributed by atoms with Gasteiger partial charge in [0.1, 0.15) is 6.04 Å². The molecule has 1 atom stereocenters. The first-order chi connectivity index (χ1) is 17.5. The van der Waals surface area contributed by atoms with Gasteiger partial charge in [-0.05, 0) is 47.8 Å². The number of hydrogen-bond donors (Lipinski definition) is 5. The molecule has 1 aromatic heterocycles. The minimum absolute atomic E-state index is 0.368. The third-order valence-electron chi connectivity index (χ3n) is 4.84. The fourth-order valence-corrected chi connectivity index (χ4v) is 3.49. The number of aromatic nitrogens is 2. The Morgan fingerprint density at radius 3 is 2.32 bits per heavy atom. The normalized spacial score (nSPS) is 11.6. The van der Waals surface area contributed by atoms with Crippen molar-refractivity contribution in [3.63, 3.8) is 0 Å². The Hall–Kier alpha value is -4.00. The van der Waals surface area contributed by atoms with Gasteiger partial charge in [0.15, 0.2) is 0 Å². The third-order valence-corrected chi connectivity index (χ3v) is 5.49. The van der Waals surface area contributed by atoms with Crippen LogP contribution in [0.2, 0.25) is 0 Å². The Morgan fingerprint density at radius 2 is 1.78 bits per heavy atom. The number of carboxylic acid groups (broad SMARTS) is 2. The average molecular weight is 539 g/mol. The maximum absolute atomic E-state index is 13.0. The summed E-state index contributed by atoms with van der Waals surface area (Å²) in [5, 5.41) is 22.5. The molecular formula is C24H25F3N4O5S. The van der Waals surface area contributed by atoms with Crippen molar-refractivity contribution in [2.24, 2.45) is 0 Å². The molecule has 0 aliphatic rings. The van der Waals surface area contributed by atoms with Crippen LogP contribution in [0.3, 0.4) is 0 Å². The number of aromatic amines is 1. The molecule has 0 unspecified atom stereocenters. The van der Waals surface area contributed by atoms with E-state index in [1.807, 2.05) is 48.7 Å². The summed E-state index contributed by atoms with van der Waals surface area (Å²) in [4.78, 5) is 40.4. The molecule has 1 amide bonds. The number of carbonyl (C=O) groups is 3. The van der Waals surface area contributed by atoms with Crippen LogP contribution in [0.1, 0.15) is 22.5 Å². The third kappa shape index (κ3) is 9.52. The number of H-pyrrole nitrogens is 1. The highest BCUT2D eigenvalue weighted by molar-refractivity contribution is 7.98. The van der Waals surface area contributed by atoms with Gasteiger partial charge in [0.2, 0.25) is 0 Å². The van der Waals surface area contributed by atoms with Crippen molar-refractivity contribution in [2.75, 3.05) is 17.3 Å². The van der Waals surface area contributed by atoms with E-state index in [4.69, 9.17) is 9.90 Å². The molecule has 0 saturated carbocycles. The van der Waals surface area contributed by atoms with Crippen LogP contribution in [0.25, 0.3) is 11.1 Å². The van der Waals surface area contributed by atoms with Crippen LogP contribution >= 0.6 is 11.8 Å². The van der Waals surface area contributed by atoms with E-state index in [9.17, 15) is 27.9 Å². The van der Waals surface area contributed by atoms with E-state index in [-0.39, 0.29) is 0 Å². The average Bonchev–Trinajstić information content (AvgIpc) is 3.39. The lowest BCUT2D eigenvalue weighted by atomic mass is 9.98. The Balaban J connectivity index is 0.000000604. The molecule has 3 aromatic rings. The minimum atomic E-state index is -5.08. The molecule has 0 aliphatic carbocycles. The van der Waals surface area contributed by atoms with Gasteiger partial charge in [-0.1, -0.05) is 30.3 Å².